The van der Waals surface area contributed by atoms with E-state index in [1.165, 1.54) is 41.1 Å². The molecule has 3 nitrogen and oxygen atoms in total. The monoisotopic (exact) mass is 734 g/mol. The van der Waals surface area contributed by atoms with E-state index >= 15 is 0 Å². The van der Waals surface area contributed by atoms with E-state index in [4.69, 9.17) is 11.6 Å². The van der Waals surface area contributed by atoms with Crippen molar-refractivity contribution in [2.45, 2.75) is 35.7 Å². The van der Waals surface area contributed by atoms with Gasteiger partial charge in [-0.2, -0.15) is 0 Å². The molecule has 1 fully saturated rings. The molecule has 0 aromatic heterocycles. The molecule has 0 aliphatic carbocycles. The van der Waals surface area contributed by atoms with Gasteiger partial charge in [-0.25, -0.2) is 0 Å². The minimum absolute atomic E-state index is 0.0652. The van der Waals surface area contributed by atoms with E-state index in [1.807, 2.05) is 12.1 Å². The summed E-state index contributed by atoms with van der Waals surface area (Å²) in [7, 11) is 0. The summed E-state index contributed by atoms with van der Waals surface area (Å²) in [6.45, 7) is 0.442. The van der Waals surface area contributed by atoms with E-state index in [0.29, 0.717) is 0 Å². The fourth-order valence-corrected chi connectivity index (χ4v) is 16.2. The molecule has 0 saturated carbocycles. The van der Waals surface area contributed by atoms with Crippen LogP contribution in [0.25, 0.3) is 0 Å². The average Bonchev–Trinajstić information content (AvgIpc) is 2.89. The van der Waals surface area contributed by atoms with Crippen LogP contribution in [0.15, 0.2) is 72.8 Å². The van der Waals surface area contributed by atoms with Gasteiger partial charge in [-0.3, -0.25) is 0 Å². The van der Waals surface area contributed by atoms with Gasteiger partial charge in [0.15, 0.2) is 0 Å². The SMILES string of the molecule is OCCCI(CCO)c1ccc(C(c2ccc(Cl)cc2)c2ccc(CI3CCCC(O)C3)cc2)cc1. The standard InChI is InChI=1S/C30H37ClI2O3/c31-27-12-8-25(9-13-27)30(26-10-14-28(15-11-26)33(18-20-35)17-2-19-34)24-6-4-23(5-7-24)21-32-16-1-3-29(36)22-32/h4-15,29-30,34-36H,1-3,16-22H2. The van der Waals surface area contributed by atoms with Crippen molar-refractivity contribution in [3.63, 3.8) is 0 Å². The Kier molecular flexibility index (Phi) is 11.4. The van der Waals surface area contributed by atoms with Gasteiger partial charge >= 0.3 is 237 Å². The van der Waals surface area contributed by atoms with Crippen LogP contribution in [0.4, 0.5) is 0 Å². The van der Waals surface area contributed by atoms with Gasteiger partial charge in [-0.15, -0.1) is 0 Å². The van der Waals surface area contributed by atoms with Gasteiger partial charge in [0.2, 0.25) is 0 Å². The van der Waals surface area contributed by atoms with Crippen molar-refractivity contribution in [1.29, 1.82) is 0 Å². The van der Waals surface area contributed by atoms with Gasteiger partial charge in [-0.1, -0.05) is 0 Å². The second-order valence-corrected chi connectivity index (χ2v) is 21.7. The Morgan fingerprint density at radius 3 is 2.03 bits per heavy atom. The van der Waals surface area contributed by atoms with Crippen LogP contribution in [0.3, 0.4) is 0 Å². The summed E-state index contributed by atoms with van der Waals surface area (Å²) >= 11 is 3.64. The predicted octanol–water partition coefficient (Wildman–Crippen LogP) is 6.73. The van der Waals surface area contributed by atoms with Crippen molar-refractivity contribution >= 4 is 51.2 Å². The molecule has 3 N–H and O–H groups in total. The molecule has 0 radical (unpaired) electrons. The van der Waals surface area contributed by atoms with Crippen LogP contribution in [0.1, 0.15) is 47.4 Å². The third-order valence-electron chi connectivity index (χ3n) is 6.54. The maximum atomic E-state index is 10.1. The van der Waals surface area contributed by atoms with Crippen molar-refractivity contribution < 1.29 is 15.3 Å². The Hall–Kier alpha value is -0.710. The van der Waals surface area contributed by atoms with Crippen molar-refractivity contribution in [3.05, 3.63) is 104 Å². The molecule has 0 bridgehead atoms. The fraction of sp³-hybridized carbons (Fsp3) is 0.400. The molecule has 3 aromatic carbocycles. The van der Waals surface area contributed by atoms with Crippen molar-refractivity contribution in [2.75, 3.05) is 30.9 Å². The minimum atomic E-state index is -1.48. The quantitative estimate of drug-likeness (QED) is 0.116. The maximum absolute atomic E-state index is 10.1. The van der Waals surface area contributed by atoms with E-state index in [2.05, 4.69) is 60.7 Å². The van der Waals surface area contributed by atoms with Gasteiger partial charge in [0, 0.05) is 0 Å². The molecular formula is C30H37ClI2O3. The molecule has 2 atom stereocenters. The van der Waals surface area contributed by atoms with Crippen LogP contribution in [0, 0.1) is 3.57 Å². The number of hydrogen-bond acceptors (Lipinski definition) is 3. The summed E-state index contributed by atoms with van der Waals surface area (Å²) in [5.41, 5.74) is 5.15. The number of rotatable bonds is 11. The molecule has 0 amide bonds. The number of benzene rings is 3. The van der Waals surface area contributed by atoms with E-state index < -0.39 is 39.6 Å². The molecule has 196 valence electrons. The first-order chi connectivity index (χ1) is 17.6. The average molecular weight is 735 g/mol. The van der Waals surface area contributed by atoms with Gasteiger partial charge in [0.25, 0.3) is 0 Å². The van der Waals surface area contributed by atoms with Gasteiger partial charge in [-0.05, 0) is 0 Å². The third-order valence-corrected chi connectivity index (χ3v) is 19.6. The summed E-state index contributed by atoms with van der Waals surface area (Å²) in [5.74, 6) is 0.123. The Bertz CT molecular complexity index is 1060. The molecular weight excluding hydrogens is 698 g/mol. The van der Waals surface area contributed by atoms with Crippen LogP contribution in [0.5, 0.6) is 0 Å². The molecule has 6 heteroatoms. The number of aliphatic hydroxyl groups excluding tert-OH is 3. The van der Waals surface area contributed by atoms with Crippen LogP contribution in [-0.2, 0) is 4.43 Å². The van der Waals surface area contributed by atoms with E-state index in [9.17, 15) is 15.3 Å². The Labute approximate surface area is 235 Å². The third kappa shape index (κ3) is 7.90. The molecule has 1 saturated heterocycles. The summed E-state index contributed by atoms with van der Waals surface area (Å²) in [6, 6.07) is 26.3. The zero-order chi connectivity index (χ0) is 25.3. The van der Waals surface area contributed by atoms with Crippen molar-refractivity contribution in [3.8, 4) is 0 Å². The summed E-state index contributed by atoms with van der Waals surface area (Å²) in [6.07, 6.45) is 2.93. The van der Waals surface area contributed by atoms with E-state index in [1.54, 1.807) is 0 Å². The first kappa shape index (κ1) is 28.3. The van der Waals surface area contributed by atoms with Gasteiger partial charge in [0.05, 0.1) is 0 Å². The first-order valence-corrected chi connectivity index (χ1v) is 21.7. The Balaban J connectivity index is 1.58. The molecule has 1 heterocycles. The zero-order valence-electron chi connectivity index (χ0n) is 20.6. The molecule has 1 aliphatic rings. The number of halogens is 3. The number of alkyl halides is 5. The molecule has 36 heavy (non-hydrogen) atoms. The van der Waals surface area contributed by atoms with Crippen LogP contribution in [0.2, 0.25) is 5.02 Å². The normalized spacial score (nSPS) is 18.2. The summed E-state index contributed by atoms with van der Waals surface area (Å²) in [5, 5.41) is 29.7. The van der Waals surface area contributed by atoms with Crippen LogP contribution >= 0.6 is 51.2 Å². The predicted molar refractivity (Wildman–Crippen MR) is 169 cm³/mol. The molecule has 1 aliphatic heterocycles. The Morgan fingerprint density at radius 2 is 1.44 bits per heavy atom. The first-order valence-electron chi connectivity index (χ1n) is 12.6. The Morgan fingerprint density at radius 1 is 0.833 bits per heavy atom. The zero-order valence-corrected chi connectivity index (χ0v) is 25.7. The molecule has 0 spiro atoms. The molecule has 3 aromatic rings. The van der Waals surface area contributed by atoms with E-state index in [-0.39, 0.29) is 25.2 Å². The second kappa shape index (κ2) is 14.4. The molecule has 2 unspecified atom stereocenters. The topological polar surface area (TPSA) is 60.7 Å². The van der Waals surface area contributed by atoms with Crippen LogP contribution < -0.4 is 0 Å². The summed E-state index contributed by atoms with van der Waals surface area (Å²) in [4.78, 5) is 0. The van der Waals surface area contributed by atoms with Gasteiger partial charge in [0.1, 0.15) is 0 Å². The molecule has 4 rings (SSSR count). The van der Waals surface area contributed by atoms with E-state index in [0.717, 1.165) is 31.1 Å². The van der Waals surface area contributed by atoms with Crippen molar-refractivity contribution in [2.24, 2.45) is 0 Å². The number of aliphatic hydroxyl groups is 3. The number of hydrogen-bond donors (Lipinski definition) is 3. The van der Waals surface area contributed by atoms with Crippen molar-refractivity contribution in [1.82, 2.24) is 0 Å². The second-order valence-electron chi connectivity index (χ2n) is 9.25. The summed E-state index contributed by atoms with van der Waals surface area (Å²) < 4.78 is 6.90. The fourth-order valence-electron chi connectivity index (χ4n) is 4.75. The van der Waals surface area contributed by atoms with Gasteiger partial charge < -0.3 is 0 Å². The van der Waals surface area contributed by atoms with Crippen LogP contribution in [-0.4, -0.2) is 52.3 Å².